The fourth-order valence-corrected chi connectivity index (χ4v) is 2.53. The lowest BCUT2D eigenvalue weighted by Gasteiger charge is -2.38. The van der Waals surface area contributed by atoms with Gasteiger partial charge in [0, 0.05) is 19.6 Å². The number of carbonyl (C=O) groups is 1. The Morgan fingerprint density at radius 3 is 2.82 bits per heavy atom. The molecule has 0 aliphatic carbocycles. The molecule has 0 aromatic heterocycles. The van der Waals surface area contributed by atoms with Crippen LogP contribution in [0.1, 0.15) is 12.8 Å². The van der Waals surface area contributed by atoms with Gasteiger partial charge in [-0.2, -0.15) is 0 Å². The lowest BCUT2D eigenvalue weighted by molar-refractivity contribution is -0.159. The Hall–Kier alpha value is -0.650. The SMILES string of the molecule is CN1CCC(CCNC(=O)C2(CN)COC2)C1. The van der Waals surface area contributed by atoms with E-state index in [-0.39, 0.29) is 5.91 Å². The van der Waals surface area contributed by atoms with Gasteiger partial charge in [-0.3, -0.25) is 4.79 Å². The number of nitrogens with two attached hydrogens (primary N) is 1. The molecule has 2 aliphatic heterocycles. The highest BCUT2D eigenvalue weighted by molar-refractivity contribution is 5.84. The molecule has 2 rings (SSSR count). The Kier molecular flexibility index (Phi) is 4.01. The van der Waals surface area contributed by atoms with Crippen molar-refractivity contribution in [2.75, 3.05) is 46.4 Å². The molecule has 0 spiro atoms. The summed E-state index contributed by atoms with van der Waals surface area (Å²) in [7, 11) is 2.15. The smallest absolute Gasteiger partial charge is 0.232 e. The molecule has 3 N–H and O–H groups in total. The molecule has 5 nitrogen and oxygen atoms in total. The van der Waals surface area contributed by atoms with Crippen LogP contribution in [0.3, 0.4) is 0 Å². The summed E-state index contributed by atoms with van der Waals surface area (Å²) in [5.74, 6) is 0.796. The second-order valence-electron chi connectivity index (χ2n) is 5.44. The summed E-state index contributed by atoms with van der Waals surface area (Å²) in [6.45, 7) is 4.42. The van der Waals surface area contributed by atoms with Crippen molar-refractivity contribution in [3.8, 4) is 0 Å². The summed E-state index contributed by atoms with van der Waals surface area (Å²) in [6.07, 6.45) is 2.31. The van der Waals surface area contributed by atoms with Crippen LogP contribution in [-0.4, -0.2) is 57.2 Å². The van der Waals surface area contributed by atoms with Crippen molar-refractivity contribution in [3.05, 3.63) is 0 Å². The van der Waals surface area contributed by atoms with Crippen molar-refractivity contribution in [1.82, 2.24) is 10.2 Å². The number of hydrogen-bond acceptors (Lipinski definition) is 4. The largest absolute Gasteiger partial charge is 0.379 e. The normalized spacial score (nSPS) is 27.8. The summed E-state index contributed by atoms with van der Waals surface area (Å²) < 4.78 is 5.10. The van der Waals surface area contributed by atoms with Gasteiger partial charge in [0.1, 0.15) is 5.41 Å². The maximum Gasteiger partial charge on any atom is 0.232 e. The highest BCUT2D eigenvalue weighted by Crippen LogP contribution is 2.26. The Balaban J connectivity index is 1.66. The first-order chi connectivity index (χ1) is 8.16. The first-order valence-corrected chi connectivity index (χ1v) is 6.41. The second-order valence-corrected chi connectivity index (χ2v) is 5.44. The van der Waals surface area contributed by atoms with Crippen LogP contribution in [0.5, 0.6) is 0 Å². The third-order valence-electron chi connectivity index (χ3n) is 3.96. The molecule has 2 fully saturated rings. The van der Waals surface area contributed by atoms with Crippen molar-refractivity contribution in [3.63, 3.8) is 0 Å². The maximum atomic E-state index is 11.9. The number of ether oxygens (including phenoxy) is 1. The highest BCUT2D eigenvalue weighted by atomic mass is 16.5. The minimum Gasteiger partial charge on any atom is -0.379 e. The van der Waals surface area contributed by atoms with Crippen LogP contribution in [0.15, 0.2) is 0 Å². The fourth-order valence-electron chi connectivity index (χ4n) is 2.53. The minimum atomic E-state index is -0.438. The quantitative estimate of drug-likeness (QED) is 0.676. The molecule has 1 unspecified atom stereocenters. The van der Waals surface area contributed by atoms with Crippen LogP contribution in [0.25, 0.3) is 0 Å². The molecule has 17 heavy (non-hydrogen) atoms. The first kappa shape index (κ1) is 12.8. The molecular formula is C12H23N3O2. The topological polar surface area (TPSA) is 67.6 Å². The van der Waals surface area contributed by atoms with Gasteiger partial charge >= 0.3 is 0 Å². The molecule has 1 atom stereocenters. The van der Waals surface area contributed by atoms with Gasteiger partial charge in [0.2, 0.25) is 5.91 Å². The highest BCUT2D eigenvalue weighted by Gasteiger charge is 2.44. The summed E-state index contributed by atoms with van der Waals surface area (Å²) in [6, 6.07) is 0. The van der Waals surface area contributed by atoms with Crippen molar-refractivity contribution in [2.45, 2.75) is 12.8 Å². The van der Waals surface area contributed by atoms with Crippen LogP contribution < -0.4 is 11.1 Å². The molecule has 0 radical (unpaired) electrons. The van der Waals surface area contributed by atoms with Crippen molar-refractivity contribution >= 4 is 5.91 Å². The third kappa shape index (κ3) is 2.78. The zero-order valence-electron chi connectivity index (χ0n) is 10.6. The molecule has 2 aliphatic rings. The lowest BCUT2D eigenvalue weighted by atomic mass is 9.85. The van der Waals surface area contributed by atoms with Crippen molar-refractivity contribution in [2.24, 2.45) is 17.1 Å². The minimum absolute atomic E-state index is 0.0672. The Morgan fingerprint density at radius 2 is 2.35 bits per heavy atom. The van der Waals surface area contributed by atoms with E-state index in [0.29, 0.717) is 19.8 Å². The van der Waals surface area contributed by atoms with Crippen LogP contribution in [-0.2, 0) is 9.53 Å². The number of nitrogens with zero attached hydrogens (tertiary/aromatic N) is 1. The molecule has 0 aromatic carbocycles. The number of hydrogen-bond donors (Lipinski definition) is 2. The van der Waals surface area contributed by atoms with Gasteiger partial charge in [0.25, 0.3) is 0 Å². The van der Waals surface area contributed by atoms with E-state index in [1.54, 1.807) is 0 Å². The Bertz CT molecular complexity index is 273. The van der Waals surface area contributed by atoms with Gasteiger partial charge in [-0.05, 0) is 32.4 Å². The summed E-state index contributed by atoms with van der Waals surface area (Å²) in [5, 5.41) is 3.00. The van der Waals surface area contributed by atoms with Gasteiger partial charge in [0.05, 0.1) is 13.2 Å². The van der Waals surface area contributed by atoms with E-state index in [0.717, 1.165) is 25.4 Å². The molecule has 5 heteroatoms. The number of likely N-dealkylation sites (tertiary alicyclic amines) is 1. The molecule has 0 aromatic rings. The van der Waals surface area contributed by atoms with Gasteiger partial charge in [-0.25, -0.2) is 0 Å². The predicted molar refractivity (Wildman–Crippen MR) is 65.5 cm³/mol. The van der Waals surface area contributed by atoms with E-state index in [1.165, 1.54) is 13.0 Å². The monoisotopic (exact) mass is 241 g/mol. The van der Waals surface area contributed by atoms with E-state index in [4.69, 9.17) is 10.5 Å². The lowest BCUT2D eigenvalue weighted by Crippen LogP contribution is -2.58. The van der Waals surface area contributed by atoms with E-state index in [2.05, 4.69) is 17.3 Å². The zero-order valence-corrected chi connectivity index (χ0v) is 10.6. The third-order valence-corrected chi connectivity index (χ3v) is 3.96. The van der Waals surface area contributed by atoms with Crippen molar-refractivity contribution in [1.29, 1.82) is 0 Å². The van der Waals surface area contributed by atoms with Crippen LogP contribution >= 0.6 is 0 Å². The molecule has 0 bridgehead atoms. The van der Waals surface area contributed by atoms with Gasteiger partial charge in [-0.15, -0.1) is 0 Å². The number of carbonyl (C=O) groups excluding carboxylic acids is 1. The van der Waals surface area contributed by atoms with E-state index in [1.807, 2.05) is 0 Å². The maximum absolute atomic E-state index is 11.9. The first-order valence-electron chi connectivity index (χ1n) is 6.41. The van der Waals surface area contributed by atoms with Gasteiger partial charge < -0.3 is 20.7 Å². The van der Waals surface area contributed by atoms with Crippen LogP contribution in [0.2, 0.25) is 0 Å². The average molecular weight is 241 g/mol. The fraction of sp³-hybridized carbons (Fsp3) is 0.917. The van der Waals surface area contributed by atoms with E-state index in [9.17, 15) is 4.79 Å². The zero-order chi connectivity index (χ0) is 12.3. The predicted octanol–water partition coefficient (Wildman–Crippen LogP) is -0.580. The molecule has 2 saturated heterocycles. The summed E-state index contributed by atoms with van der Waals surface area (Å²) in [5.41, 5.74) is 5.20. The molecular weight excluding hydrogens is 218 g/mol. The average Bonchev–Trinajstić information content (AvgIpc) is 2.63. The molecule has 1 amide bonds. The van der Waals surface area contributed by atoms with Gasteiger partial charge in [-0.1, -0.05) is 0 Å². The second kappa shape index (κ2) is 5.33. The van der Waals surface area contributed by atoms with Gasteiger partial charge in [0.15, 0.2) is 0 Å². The summed E-state index contributed by atoms with van der Waals surface area (Å²) >= 11 is 0. The number of rotatable bonds is 5. The van der Waals surface area contributed by atoms with Crippen LogP contribution in [0.4, 0.5) is 0 Å². The van der Waals surface area contributed by atoms with Crippen LogP contribution in [0, 0.1) is 11.3 Å². The Morgan fingerprint density at radius 1 is 1.59 bits per heavy atom. The summed E-state index contributed by atoms with van der Waals surface area (Å²) in [4.78, 5) is 14.3. The number of amides is 1. The van der Waals surface area contributed by atoms with E-state index >= 15 is 0 Å². The van der Waals surface area contributed by atoms with E-state index < -0.39 is 5.41 Å². The molecule has 2 heterocycles. The number of nitrogens with one attached hydrogen (secondary N) is 1. The molecule has 0 saturated carbocycles. The standard InChI is InChI=1S/C12H23N3O2/c1-15-5-3-10(6-15)2-4-14-11(16)12(7-13)8-17-9-12/h10H,2-9,13H2,1H3,(H,14,16). The van der Waals surface area contributed by atoms with Crippen molar-refractivity contribution < 1.29 is 9.53 Å². The molecule has 98 valence electrons. The Labute approximate surface area is 103 Å².